The number of halogens is 3. The number of anilines is 1. The third-order valence-corrected chi connectivity index (χ3v) is 2.06. The van der Waals surface area contributed by atoms with Crippen molar-refractivity contribution in [3.05, 3.63) is 29.8 Å². The molecule has 8 heteroatoms. The summed E-state index contributed by atoms with van der Waals surface area (Å²) in [6.07, 6.45) is -4.49. The van der Waals surface area contributed by atoms with Crippen LogP contribution >= 0.6 is 0 Å². The molecule has 0 heterocycles. The number of alkyl halides is 3. The maximum atomic E-state index is 12.5. The average Bonchev–Trinajstić information content (AvgIpc) is 2.39. The van der Waals surface area contributed by atoms with Crippen LogP contribution < -0.4 is 5.43 Å². The molecule has 0 aliphatic rings. The molecule has 0 fully saturated rings. The highest BCUT2D eigenvalue weighted by Crippen LogP contribution is 2.30. The van der Waals surface area contributed by atoms with Crippen LogP contribution in [0.2, 0.25) is 0 Å². The number of hydrogen-bond acceptors (Lipinski definition) is 5. The van der Waals surface area contributed by atoms with Crippen LogP contribution in [0.25, 0.3) is 0 Å². The van der Waals surface area contributed by atoms with Gasteiger partial charge in [0.2, 0.25) is 5.71 Å². The quantitative estimate of drug-likeness (QED) is 0.524. The predicted octanol–water partition coefficient (Wildman–Crippen LogP) is 2.56. The second-order valence-electron chi connectivity index (χ2n) is 3.48. The number of hydrogen-bond donors (Lipinski definition) is 1. The lowest BCUT2D eigenvalue weighted by atomic mass is 10.2. The maximum absolute atomic E-state index is 12.5. The summed E-state index contributed by atoms with van der Waals surface area (Å²) in [6, 6.07) is 5.69. The number of carbonyl (C=O) groups excluding carboxylic acids is 1. The molecule has 0 aliphatic carbocycles. The second-order valence-corrected chi connectivity index (χ2v) is 3.48. The Morgan fingerprint density at radius 2 is 2.20 bits per heavy atom. The molecule has 20 heavy (non-hydrogen) atoms. The van der Waals surface area contributed by atoms with Gasteiger partial charge in [-0.2, -0.15) is 23.5 Å². The lowest BCUT2D eigenvalue weighted by molar-refractivity contribution is -0.137. The van der Waals surface area contributed by atoms with Crippen molar-refractivity contribution in [2.45, 2.75) is 13.1 Å². The minimum Gasteiger partial charge on any atom is -0.461 e. The van der Waals surface area contributed by atoms with Crippen molar-refractivity contribution in [2.24, 2.45) is 5.10 Å². The van der Waals surface area contributed by atoms with Crippen molar-refractivity contribution >= 4 is 17.4 Å². The second kappa shape index (κ2) is 6.56. The largest absolute Gasteiger partial charge is 0.461 e. The summed E-state index contributed by atoms with van der Waals surface area (Å²) < 4.78 is 42.0. The van der Waals surface area contributed by atoms with E-state index in [9.17, 15) is 18.0 Å². The van der Waals surface area contributed by atoms with E-state index in [4.69, 9.17) is 5.26 Å². The number of carbonyl (C=O) groups is 1. The van der Waals surface area contributed by atoms with E-state index in [0.717, 1.165) is 12.1 Å². The van der Waals surface area contributed by atoms with E-state index in [1.165, 1.54) is 18.2 Å². The van der Waals surface area contributed by atoms with Crippen molar-refractivity contribution in [1.29, 1.82) is 5.26 Å². The summed E-state index contributed by atoms with van der Waals surface area (Å²) in [5.74, 6) is -0.950. The maximum Gasteiger partial charge on any atom is 0.416 e. The van der Waals surface area contributed by atoms with E-state index in [0.29, 0.717) is 0 Å². The zero-order valence-electron chi connectivity index (χ0n) is 10.4. The Morgan fingerprint density at radius 3 is 2.75 bits per heavy atom. The molecule has 0 radical (unpaired) electrons. The standard InChI is InChI=1S/C12H10F3N3O2/c1-2-20-11(19)10(7-16)18-17-9-5-3-4-8(6-9)12(13,14)15/h3-6,17H,2H2,1H3/b18-10+. The zero-order valence-corrected chi connectivity index (χ0v) is 10.4. The van der Waals surface area contributed by atoms with Gasteiger partial charge in [-0.1, -0.05) is 6.07 Å². The monoisotopic (exact) mass is 285 g/mol. The average molecular weight is 285 g/mol. The van der Waals surface area contributed by atoms with Crippen LogP contribution in [0.15, 0.2) is 29.4 Å². The first kappa shape index (κ1) is 15.5. The molecule has 0 aliphatic heterocycles. The summed E-state index contributed by atoms with van der Waals surface area (Å²) in [5.41, 5.74) is 0.762. The summed E-state index contributed by atoms with van der Waals surface area (Å²) >= 11 is 0. The fourth-order valence-corrected chi connectivity index (χ4v) is 1.20. The summed E-state index contributed by atoms with van der Waals surface area (Å²) in [6.45, 7) is 1.61. The molecular formula is C12H10F3N3O2. The normalized spacial score (nSPS) is 11.7. The Balaban J connectivity index is 2.89. The molecular weight excluding hydrogens is 275 g/mol. The predicted molar refractivity (Wildman–Crippen MR) is 64.7 cm³/mol. The summed E-state index contributed by atoms with van der Waals surface area (Å²) in [5, 5.41) is 12.1. The van der Waals surface area contributed by atoms with E-state index >= 15 is 0 Å². The van der Waals surface area contributed by atoms with Gasteiger partial charge in [0, 0.05) is 0 Å². The van der Waals surface area contributed by atoms with E-state index in [1.54, 1.807) is 6.92 Å². The first-order chi connectivity index (χ1) is 9.38. The van der Waals surface area contributed by atoms with Crippen molar-refractivity contribution in [1.82, 2.24) is 0 Å². The van der Waals surface area contributed by atoms with Crippen LogP contribution in [-0.2, 0) is 15.7 Å². The smallest absolute Gasteiger partial charge is 0.416 e. The molecule has 0 aromatic heterocycles. The van der Waals surface area contributed by atoms with Gasteiger partial charge in [-0.15, -0.1) is 0 Å². The van der Waals surface area contributed by atoms with E-state index in [1.807, 2.05) is 0 Å². The topological polar surface area (TPSA) is 74.5 Å². The lowest BCUT2D eigenvalue weighted by Gasteiger charge is -2.08. The Bertz CT molecular complexity index is 562. The van der Waals surface area contributed by atoms with Crippen molar-refractivity contribution < 1.29 is 22.7 Å². The minimum absolute atomic E-state index is 0.00289. The third kappa shape index (κ3) is 4.28. The minimum atomic E-state index is -4.49. The molecule has 0 saturated heterocycles. The molecule has 0 saturated carbocycles. The first-order valence-corrected chi connectivity index (χ1v) is 5.46. The highest BCUT2D eigenvalue weighted by molar-refractivity contribution is 6.43. The fourth-order valence-electron chi connectivity index (χ4n) is 1.20. The van der Waals surface area contributed by atoms with Gasteiger partial charge in [0.05, 0.1) is 17.9 Å². The molecule has 106 valence electrons. The van der Waals surface area contributed by atoms with Gasteiger partial charge >= 0.3 is 12.1 Å². The highest BCUT2D eigenvalue weighted by atomic mass is 19.4. The number of benzene rings is 1. The van der Waals surface area contributed by atoms with Gasteiger partial charge in [0.25, 0.3) is 0 Å². The molecule has 1 aromatic rings. The van der Waals surface area contributed by atoms with E-state index in [-0.39, 0.29) is 12.3 Å². The Labute approximate surface area is 112 Å². The number of nitriles is 1. The van der Waals surface area contributed by atoms with E-state index < -0.39 is 23.4 Å². The number of nitrogens with one attached hydrogen (secondary N) is 1. The number of rotatable bonds is 4. The molecule has 0 bridgehead atoms. The van der Waals surface area contributed by atoms with Crippen LogP contribution in [0.3, 0.4) is 0 Å². The Morgan fingerprint density at radius 1 is 1.50 bits per heavy atom. The lowest BCUT2D eigenvalue weighted by Crippen LogP contribution is -2.17. The molecule has 0 unspecified atom stereocenters. The summed E-state index contributed by atoms with van der Waals surface area (Å²) in [4.78, 5) is 11.2. The van der Waals surface area contributed by atoms with E-state index in [2.05, 4.69) is 15.3 Å². The van der Waals surface area contributed by atoms with Crippen molar-refractivity contribution in [2.75, 3.05) is 12.0 Å². The fraction of sp³-hybridized carbons (Fsp3) is 0.250. The van der Waals surface area contributed by atoms with Gasteiger partial charge in [-0.05, 0) is 25.1 Å². The van der Waals surface area contributed by atoms with Crippen LogP contribution in [-0.4, -0.2) is 18.3 Å². The number of ether oxygens (including phenoxy) is 1. The molecule has 1 aromatic carbocycles. The SMILES string of the molecule is CCOC(=O)/C(C#N)=N/Nc1cccc(C(F)(F)F)c1. The first-order valence-electron chi connectivity index (χ1n) is 5.46. The molecule has 1 rings (SSSR count). The zero-order chi connectivity index (χ0) is 15.2. The molecule has 0 spiro atoms. The van der Waals surface area contributed by atoms with Crippen molar-refractivity contribution in [3.63, 3.8) is 0 Å². The number of hydrazone groups is 1. The van der Waals surface area contributed by atoms with Gasteiger partial charge in [0.1, 0.15) is 6.07 Å². The van der Waals surface area contributed by atoms with Crippen LogP contribution in [0.4, 0.5) is 18.9 Å². The van der Waals surface area contributed by atoms with Crippen molar-refractivity contribution in [3.8, 4) is 6.07 Å². The highest BCUT2D eigenvalue weighted by Gasteiger charge is 2.30. The summed E-state index contributed by atoms with van der Waals surface area (Å²) in [7, 11) is 0. The van der Waals surface area contributed by atoms with Gasteiger partial charge in [-0.3, -0.25) is 5.43 Å². The van der Waals surface area contributed by atoms with Crippen LogP contribution in [0, 0.1) is 11.3 Å². The van der Waals surface area contributed by atoms with Gasteiger partial charge < -0.3 is 4.74 Å². The Kier molecular flexibility index (Phi) is 5.08. The molecule has 0 atom stereocenters. The Hall–Kier alpha value is -2.56. The molecule has 1 N–H and O–H groups in total. The van der Waals surface area contributed by atoms with Gasteiger partial charge in [0.15, 0.2) is 0 Å². The molecule has 0 amide bonds. The third-order valence-electron chi connectivity index (χ3n) is 2.06. The van der Waals surface area contributed by atoms with Crippen LogP contribution in [0.5, 0.6) is 0 Å². The van der Waals surface area contributed by atoms with Gasteiger partial charge in [-0.25, -0.2) is 4.79 Å². The number of esters is 1. The molecule has 5 nitrogen and oxygen atoms in total. The number of nitrogens with zero attached hydrogens (tertiary/aromatic N) is 2. The van der Waals surface area contributed by atoms with Crippen LogP contribution in [0.1, 0.15) is 12.5 Å².